The van der Waals surface area contributed by atoms with Gasteiger partial charge in [0.1, 0.15) is 18.2 Å². The molecule has 0 saturated carbocycles. The Labute approximate surface area is 119 Å². The van der Waals surface area contributed by atoms with E-state index in [9.17, 15) is 17.9 Å². The Morgan fingerprint density at radius 1 is 1.35 bits per heavy atom. The number of hydrogen-bond donors (Lipinski definition) is 1. The molecule has 0 aliphatic heterocycles. The molecule has 1 rings (SSSR count). The van der Waals surface area contributed by atoms with Crippen molar-refractivity contribution in [3.8, 4) is 5.75 Å². The fourth-order valence-electron chi connectivity index (χ4n) is 1.51. The van der Waals surface area contributed by atoms with Gasteiger partial charge >= 0.3 is 0 Å². The smallest absolute Gasteiger partial charge is 0.158 e. The molecular formula is C14H21FO4S. The number of ether oxygens (including phenoxy) is 1. The van der Waals surface area contributed by atoms with Gasteiger partial charge in [0, 0.05) is 11.6 Å². The van der Waals surface area contributed by atoms with Crippen LogP contribution in [0.3, 0.4) is 0 Å². The highest BCUT2D eigenvalue weighted by Crippen LogP contribution is 2.22. The van der Waals surface area contributed by atoms with E-state index < -0.39 is 26.5 Å². The van der Waals surface area contributed by atoms with Gasteiger partial charge in [-0.05, 0) is 39.8 Å². The molecule has 20 heavy (non-hydrogen) atoms. The average molecular weight is 304 g/mol. The zero-order chi connectivity index (χ0) is 15.6. The number of aliphatic hydroxyl groups excluding tert-OH is 1. The van der Waals surface area contributed by atoms with E-state index in [1.165, 1.54) is 19.1 Å². The van der Waals surface area contributed by atoms with Gasteiger partial charge in [-0.15, -0.1) is 0 Å². The van der Waals surface area contributed by atoms with Crippen LogP contribution in [0.5, 0.6) is 5.75 Å². The molecule has 0 radical (unpaired) electrons. The molecule has 0 aromatic heterocycles. The summed E-state index contributed by atoms with van der Waals surface area (Å²) in [6.07, 6.45) is -0.898. The molecular weight excluding hydrogens is 283 g/mol. The van der Waals surface area contributed by atoms with Gasteiger partial charge in [0.15, 0.2) is 9.84 Å². The maximum absolute atomic E-state index is 13.6. The Bertz CT molecular complexity index is 559. The van der Waals surface area contributed by atoms with Crippen molar-refractivity contribution in [3.63, 3.8) is 0 Å². The van der Waals surface area contributed by atoms with Crippen molar-refractivity contribution >= 4 is 9.84 Å². The van der Waals surface area contributed by atoms with Gasteiger partial charge in [0.25, 0.3) is 0 Å². The summed E-state index contributed by atoms with van der Waals surface area (Å²) < 4.78 is 41.7. The molecule has 0 aliphatic carbocycles. The van der Waals surface area contributed by atoms with Gasteiger partial charge in [-0.25, -0.2) is 12.8 Å². The molecule has 4 nitrogen and oxygen atoms in total. The fraction of sp³-hybridized carbons (Fsp3) is 0.571. The van der Waals surface area contributed by atoms with Crippen molar-refractivity contribution < 1.29 is 22.7 Å². The Hall–Kier alpha value is -1.14. The number of sulfone groups is 1. The summed E-state index contributed by atoms with van der Waals surface area (Å²) in [5.41, 5.74) is 0.180. The maximum atomic E-state index is 13.6. The Morgan fingerprint density at radius 2 is 1.95 bits per heavy atom. The lowest BCUT2D eigenvalue weighted by Gasteiger charge is -2.19. The van der Waals surface area contributed by atoms with Crippen LogP contribution < -0.4 is 4.74 Å². The quantitative estimate of drug-likeness (QED) is 0.907. The minimum Gasteiger partial charge on any atom is -0.492 e. The highest BCUT2D eigenvalue weighted by Gasteiger charge is 2.28. The highest BCUT2D eigenvalue weighted by atomic mass is 32.2. The Kier molecular flexibility index (Phi) is 5.15. The zero-order valence-corrected chi connectivity index (χ0v) is 13.0. The van der Waals surface area contributed by atoms with E-state index in [-0.39, 0.29) is 23.7 Å². The molecule has 1 aromatic carbocycles. The van der Waals surface area contributed by atoms with Crippen molar-refractivity contribution in [2.24, 2.45) is 0 Å². The van der Waals surface area contributed by atoms with E-state index in [4.69, 9.17) is 4.74 Å². The highest BCUT2D eigenvalue weighted by molar-refractivity contribution is 7.92. The van der Waals surface area contributed by atoms with Crippen molar-refractivity contribution in [2.45, 2.75) is 38.5 Å². The maximum Gasteiger partial charge on any atom is 0.158 e. The van der Waals surface area contributed by atoms with Crippen molar-refractivity contribution in [1.29, 1.82) is 0 Å². The van der Waals surface area contributed by atoms with Crippen LogP contribution in [0, 0.1) is 5.82 Å². The lowest BCUT2D eigenvalue weighted by atomic mass is 10.1. The third-order valence-electron chi connectivity index (χ3n) is 2.98. The third-order valence-corrected chi connectivity index (χ3v) is 5.55. The normalized spacial score (nSPS) is 14.1. The monoisotopic (exact) mass is 304 g/mol. The lowest BCUT2D eigenvalue weighted by Crippen LogP contribution is -2.32. The first-order chi connectivity index (χ1) is 9.04. The van der Waals surface area contributed by atoms with Gasteiger partial charge < -0.3 is 9.84 Å². The lowest BCUT2D eigenvalue weighted by molar-refractivity contribution is 0.194. The van der Waals surface area contributed by atoms with Gasteiger partial charge in [0.05, 0.1) is 16.6 Å². The fourth-order valence-corrected chi connectivity index (χ4v) is 2.43. The summed E-state index contributed by atoms with van der Waals surface area (Å²) in [4.78, 5) is 0. The second-order valence-corrected chi connectivity index (χ2v) is 8.50. The minimum atomic E-state index is -3.26. The molecule has 1 aromatic rings. The minimum absolute atomic E-state index is 0.0347. The van der Waals surface area contributed by atoms with Crippen LogP contribution in [-0.2, 0) is 9.84 Å². The van der Waals surface area contributed by atoms with Crippen LogP contribution in [0.1, 0.15) is 39.4 Å². The number of hydrogen-bond acceptors (Lipinski definition) is 4. The predicted molar refractivity (Wildman–Crippen MR) is 76.1 cm³/mol. The zero-order valence-electron chi connectivity index (χ0n) is 12.2. The first-order valence-electron chi connectivity index (χ1n) is 6.37. The Morgan fingerprint density at radius 3 is 2.40 bits per heavy atom. The Balaban J connectivity index is 2.66. The summed E-state index contributed by atoms with van der Waals surface area (Å²) in [5, 5.41) is 9.31. The number of benzene rings is 1. The topological polar surface area (TPSA) is 63.6 Å². The van der Waals surface area contributed by atoms with E-state index in [0.29, 0.717) is 0 Å². The van der Waals surface area contributed by atoms with Gasteiger partial charge in [-0.2, -0.15) is 0 Å². The predicted octanol–water partition coefficient (Wildman–Crippen LogP) is 2.47. The van der Waals surface area contributed by atoms with E-state index in [2.05, 4.69) is 0 Å². The first kappa shape index (κ1) is 16.9. The van der Waals surface area contributed by atoms with E-state index in [1.807, 2.05) is 0 Å². The van der Waals surface area contributed by atoms with Crippen LogP contribution in [0.4, 0.5) is 4.39 Å². The number of rotatable bonds is 5. The molecule has 1 N–H and O–H groups in total. The van der Waals surface area contributed by atoms with Crippen molar-refractivity contribution in [2.75, 3.05) is 12.4 Å². The van der Waals surface area contributed by atoms with Crippen LogP contribution in [-0.4, -0.2) is 30.6 Å². The molecule has 0 fully saturated rings. The molecule has 0 amide bonds. The molecule has 0 unspecified atom stereocenters. The number of aliphatic hydroxyl groups is 1. The molecule has 0 saturated heterocycles. The summed E-state index contributed by atoms with van der Waals surface area (Å²) in [5.74, 6) is -0.455. The molecule has 0 aliphatic rings. The standard InChI is InChI=1S/C14H21FO4S/c1-10(16)12-6-5-11(9-13(12)15)19-7-8-20(17,18)14(2,3)4/h5-6,9-10,16H,7-8H2,1-4H3/t10-/m0/s1. The average Bonchev–Trinajstić information content (AvgIpc) is 2.26. The van der Waals surface area contributed by atoms with Crippen molar-refractivity contribution in [1.82, 2.24) is 0 Å². The number of halogens is 1. The van der Waals surface area contributed by atoms with Crippen LogP contribution >= 0.6 is 0 Å². The molecule has 0 heterocycles. The van der Waals surface area contributed by atoms with Gasteiger partial charge in [0.2, 0.25) is 0 Å². The van der Waals surface area contributed by atoms with Crippen molar-refractivity contribution in [3.05, 3.63) is 29.6 Å². The molecule has 114 valence electrons. The summed E-state index contributed by atoms with van der Waals surface area (Å²) >= 11 is 0. The second kappa shape index (κ2) is 6.10. The van der Waals surface area contributed by atoms with Gasteiger partial charge in [-0.3, -0.25) is 0 Å². The van der Waals surface area contributed by atoms with E-state index in [0.717, 1.165) is 6.07 Å². The molecule has 0 bridgehead atoms. The second-order valence-electron chi connectivity index (χ2n) is 5.64. The van der Waals surface area contributed by atoms with Crippen LogP contribution in [0.25, 0.3) is 0 Å². The van der Waals surface area contributed by atoms with Crippen LogP contribution in [0.2, 0.25) is 0 Å². The SMILES string of the molecule is C[C@H](O)c1ccc(OCCS(=O)(=O)C(C)(C)C)cc1F. The summed E-state index contributed by atoms with van der Waals surface area (Å²) in [6.45, 7) is 6.31. The van der Waals surface area contributed by atoms with Gasteiger partial charge in [-0.1, -0.05) is 0 Å². The first-order valence-corrected chi connectivity index (χ1v) is 8.02. The molecule has 1 atom stereocenters. The van der Waals surface area contributed by atoms with E-state index in [1.54, 1.807) is 20.8 Å². The largest absolute Gasteiger partial charge is 0.492 e. The summed E-state index contributed by atoms with van der Waals surface area (Å²) in [7, 11) is -3.26. The molecule has 0 spiro atoms. The van der Waals surface area contributed by atoms with Crippen LogP contribution in [0.15, 0.2) is 18.2 Å². The van der Waals surface area contributed by atoms with E-state index >= 15 is 0 Å². The third kappa shape index (κ3) is 4.18. The molecule has 6 heteroatoms. The summed E-state index contributed by atoms with van der Waals surface area (Å²) in [6, 6.07) is 4.08.